The Morgan fingerprint density at radius 2 is 1.75 bits per heavy atom. The van der Waals surface area contributed by atoms with Gasteiger partial charge in [0.2, 0.25) is 0 Å². The number of hydrogen-bond acceptors (Lipinski definition) is 6. The van der Waals surface area contributed by atoms with E-state index in [9.17, 15) is 22.4 Å². The summed E-state index contributed by atoms with van der Waals surface area (Å²) >= 11 is 0. The Hall–Kier alpha value is -2.85. The number of carbonyl (C=O) groups excluding carboxylic acids is 1. The largest absolute Gasteiger partial charge is 0.573 e. The van der Waals surface area contributed by atoms with Gasteiger partial charge in [-0.1, -0.05) is 6.92 Å². The average molecular weight is 458 g/mol. The maximum atomic E-state index is 13.7. The normalized spacial score (nSPS) is 15.0. The van der Waals surface area contributed by atoms with Gasteiger partial charge in [0.15, 0.2) is 11.6 Å². The lowest BCUT2D eigenvalue weighted by Gasteiger charge is -2.37. The van der Waals surface area contributed by atoms with E-state index in [2.05, 4.69) is 11.7 Å². The van der Waals surface area contributed by atoms with Crippen LogP contribution >= 0.6 is 0 Å². The molecule has 0 spiro atoms. The number of rotatable bonds is 10. The van der Waals surface area contributed by atoms with E-state index in [-0.39, 0.29) is 16.7 Å². The van der Waals surface area contributed by atoms with E-state index in [1.54, 1.807) is 12.1 Å². The third kappa shape index (κ3) is 7.10. The number of benzene rings is 2. The van der Waals surface area contributed by atoms with Gasteiger partial charge < -0.3 is 23.7 Å². The van der Waals surface area contributed by atoms with Gasteiger partial charge >= 0.3 is 12.3 Å². The van der Waals surface area contributed by atoms with Gasteiger partial charge in [0.25, 0.3) is 0 Å². The van der Waals surface area contributed by atoms with E-state index in [1.165, 1.54) is 12.1 Å². The van der Waals surface area contributed by atoms with Gasteiger partial charge in [0.1, 0.15) is 11.5 Å². The highest BCUT2D eigenvalue weighted by Crippen LogP contribution is 2.29. The number of alkyl halides is 3. The van der Waals surface area contributed by atoms with Crippen LogP contribution in [-0.4, -0.2) is 45.4 Å². The zero-order valence-corrected chi connectivity index (χ0v) is 17.2. The van der Waals surface area contributed by atoms with Crippen molar-refractivity contribution in [1.82, 2.24) is 0 Å². The first-order valence-electron chi connectivity index (χ1n) is 9.79. The second kappa shape index (κ2) is 10.2. The highest BCUT2D eigenvalue weighted by atomic mass is 19.4. The van der Waals surface area contributed by atoms with Gasteiger partial charge in [-0.2, -0.15) is 0 Å². The lowest BCUT2D eigenvalue weighted by molar-refractivity contribution is -0.275. The van der Waals surface area contributed by atoms with Crippen molar-refractivity contribution in [2.45, 2.75) is 19.7 Å². The summed E-state index contributed by atoms with van der Waals surface area (Å²) in [6.07, 6.45) is -4.33. The van der Waals surface area contributed by atoms with Gasteiger partial charge in [-0.25, -0.2) is 9.18 Å². The van der Waals surface area contributed by atoms with Crippen molar-refractivity contribution >= 4 is 5.97 Å². The van der Waals surface area contributed by atoms with Crippen LogP contribution in [0.25, 0.3) is 0 Å². The Morgan fingerprint density at radius 1 is 1.06 bits per heavy atom. The first-order valence-corrected chi connectivity index (χ1v) is 9.79. The summed E-state index contributed by atoms with van der Waals surface area (Å²) in [7, 11) is 0. The van der Waals surface area contributed by atoms with Gasteiger partial charge in [-0.3, -0.25) is 0 Å². The van der Waals surface area contributed by atoms with Gasteiger partial charge in [-0.15, -0.1) is 13.2 Å². The minimum atomic E-state index is -5.03. The van der Waals surface area contributed by atoms with Gasteiger partial charge in [-0.05, 0) is 36.4 Å². The Bertz CT molecular complexity index is 910. The molecule has 2 aromatic carbocycles. The molecule has 10 heteroatoms. The molecule has 0 radical (unpaired) electrons. The molecule has 1 aliphatic rings. The van der Waals surface area contributed by atoms with Crippen LogP contribution < -0.4 is 14.2 Å². The van der Waals surface area contributed by atoms with Crippen LogP contribution in [0.3, 0.4) is 0 Å². The lowest BCUT2D eigenvalue weighted by Crippen LogP contribution is -2.43. The molecule has 0 aliphatic carbocycles. The smallest absolute Gasteiger partial charge is 0.494 e. The summed E-state index contributed by atoms with van der Waals surface area (Å²) in [5.41, 5.74) is 0.267. The first kappa shape index (κ1) is 23.8. The first-order chi connectivity index (χ1) is 15.1. The van der Waals surface area contributed by atoms with Crippen LogP contribution in [0.2, 0.25) is 0 Å². The van der Waals surface area contributed by atoms with Crippen LogP contribution in [-0.2, 0) is 9.47 Å². The molecule has 0 amide bonds. The summed E-state index contributed by atoms with van der Waals surface area (Å²) < 4.78 is 75.1. The Labute approximate surface area is 182 Å². The van der Waals surface area contributed by atoms with E-state index in [0.717, 1.165) is 12.1 Å². The minimum Gasteiger partial charge on any atom is -0.494 e. The van der Waals surface area contributed by atoms with Crippen molar-refractivity contribution in [3.05, 3.63) is 53.8 Å². The second-order valence-electron chi connectivity index (χ2n) is 7.61. The summed E-state index contributed by atoms with van der Waals surface area (Å²) in [4.78, 5) is 12.2. The molecule has 1 saturated heterocycles. The fraction of sp³-hybridized carbons (Fsp3) is 0.409. The van der Waals surface area contributed by atoms with Crippen LogP contribution in [0.15, 0.2) is 42.5 Å². The number of carbonyl (C=O) groups is 1. The molecular weight excluding hydrogens is 436 g/mol. The molecule has 6 nitrogen and oxygen atoms in total. The molecule has 0 bridgehead atoms. The van der Waals surface area contributed by atoms with E-state index >= 15 is 0 Å². The summed E-state index contributed by atoms with van der Waals surface area (Å²) in [6.45, 7) is 5.17. The molecule has 1 fully saturated rings. The zero-order valence-electron chi connectivity index (χ0n) is 17.2. The SMILES string of the molecule is CC1(COCCCOc2ccc(C(=O)Oc3ccc(OC(F)(F)F)c(F)c3)cc2)COC1. The van der Waals surface area contributed by atoms with Crippen LogP contribution in [0.5, 0.6) is 17.2 Å². The average Bonchev–Trinajstić information content (AvgIpc) is 2.71. The van der Waals surface area contributed by atoms with Gasteiger partial charge in [0.05, 0.1) is 32.0 Å². The quantitative estimate of drug-likeness (QED) is 0.221. The Morgan fingerprint density at radius 3 is 2.34 bits per heavy atom. The van der Waals surface area contributed by atoms with Crippen molar-refractivity contribution in [1.29, 1.82) is 0 Å². The highest BCUT2D eigenvalue weighted by Gasteiger charge is 2.33. The van der Waals surface area contributed by atoms with E-state index in [1.807, 2.05) is 0 Å². The maximum Gasteiger partial charge on any atom is 0.573 e. The topological polar surface area (TPSA) is 63.2 Å². The lowest BCUT2D eigenvalue weighted by atomic mass is 9.90. The molecule has 0 N–H and O–H groups in total. The van der Waals surface area contributed by atoms with E-state index in [0.29, 0.717) is 51.3 Å². The molecule has 1 heterocycles. The van der Waals surface area contributed by atoms with Crippen LogP contribution in [0.4, 0.5) is 17.6 Å². The monoisotopic (exact) mass is 458 g/mol. The number of ether oxygens (including phenoxy) is 5. The molecule has 174 valence electrons. The fourth-order valence-electron chi connectivity index (χ4n) is 2.81. The molecule has 0 atom stereocenters. The van der Waals surface area contributed by atoms with E-state index < -0.39 is 23.9 Å². The minimum absolute atomic E-state index is 0.107. The number of hydrogen-bond donors (Lipinski definition) is 0. The summed E-state index contributed by atoms with van der Waals surface area (Å²) in [6, 6.07) is 8.44. The van der Waals surface area contributed by atoms with Crippen LogP contribution in [0.1, 0.15) is 23.7 Å². The Kier molecular flexibility index (Phi) is 7.57. The molecule has 1 aliphatic heterocycles. The fourth-order valence-corrected chi connectivity index (χ4v) is 2.81. The van der Waals surface area contributed by atoms with Crippen molar-refractivity contribution in [3.63, 3.8) is 0 Å². The third-order valence-corrected chi connectivity index (χ3v) is 4.48. The summed E-state index contributed by atoms with van der Waals surface area (Å²) in [5, 5.41) is 0. The Balaban J connectivity index is 1.42. The van der Waals surface area contributed by atoms with E-state index in [4.69, 9.17) is 18.9 Å². The summed E-state index contributed by atoms with van der Waals surface area (Å²) in [5.74, 6) is -2.85. The van der Waals surface area contributed by atoms with Crippen molar-refractivity contribution in [3.8, 4) is 17.2 Å². The molecule has 32 heavy (non-hydrogen) atoms. The number of halogens is 4. The predicted octanol–water partition coefficient (Wildman–Crippen LogP) is 4.77. The molecule has 0 unspecified atom stereocenters. The third-order valence-electron chi connectivity index (χ3n) is 4.48. The standard InChI is InChI=1S/C22H22F4O6/c1-21(13-29-14-21)12-28-9-2-10-30-16-5-3-15(4-6-16)20(27)31-17-7-8-19(18(23)11-17)32-22(24,25)26/h3-8,11H,2,9-10,12-14H2,1H3. The second-order valence-corrected chi connectivity index (χ2v) is 7.61. The predicted molar refractivity (Wildman–Crippen MR) is 104 cm³/mol. The molecule has 3 rings (SSSR count). The van der Waals surface area contributed by atoms with Crippen molar-refractivity contribution in [2.75, 3.05) is 33.0 Å². The number of esters is 1. The maximum absolute atomic E-state index is 13.7. The molecule has 0 aromatic heterocycles. The van der Waals surface area contributed by atoms with Crippen molar-refractivity contribution in [2.24, 2.45) is 5.41 Å². The molecular formula is C22H22F4O6. The van der Waals surface area contributed by atoms with Gasteiger partial charge in [0, 0.05) is 24.5 Å². The molecule has 0 saturated carbocycles. The highest BCUT2D eigenvalue weighted by molar-refractivity contribution is 5.91. The zero-order chi connectivity index (χ0) is 23.2. The van der Waals surface area contributed by atoms with Crippen molar-refractivity contribution < 1.29 is 46.0 Å². The van der Waals surface area contributed by atoms with Crippen LogP contribution in [0, 0.1) is 11.2 Å². The molecule has 2 aromatic rings.